The van der Waals surface area contributed by atoms with Crippen molar-refractivity contribution in [2.75, 3.05) is 25.3 Å². The Morgan fingerprint density at radius 1 is 1.33 bits per heavy atom. The van der Waals surface area contributed by atoms with Gasteiger partial charge in [0.25, 0.3) is 0 Å². The lowest BCUT2D eigenvalue weighted by Gasteiger charge is -2.58. The number of amides is 1. The molecule has 0 spiro atoms. The van der Waals surface area contributed by atoms with Crippen molar-refractivity contribution in [2.24, 2.45) is 16.7 Å². The molecule has 194 valence electrons. The number of hydrogen-bond donors (Lipinski definition) is 4. The summed E-state index contributed by atoms with van der Waals surface area (Å²) >= 11 is 1.60. The molecule has 3 aliphatic rings. The second-order valence-electron chi connectivity index (χ2n) is 10.7. The van der Waals surface area contributed by atoms with Crippen molar-refractivity contribution in [1.82, 2.24) is 10.3 Å². The number of aliphatic hydroxyl groups is 2. The molecule has 2 heterocycles. The molecule has 9 heteroatoms. The van der Waals surface area contributed by atoms with Crippen LogP contribution in [-0.2, 0) is 17.8 Å². The van der Waals surface area contributed by atoms with Crippen molar-refractivity contribution in [3.63, 3.8) is 0 Å². The van der Waals surface area contributed by atoms with Crippen molar-refractivity contribution in [3.05, 3.63) is 47.0 Å². The lowest BCUT2D eigenvalue weighted by molar-refractivity contribution is -0.144. The van der Waals surface area contributed by atoms with Gasteiger partial charge in [-0.15, -0.1) is 17.9 Å². The Hall–Kier alpha value is -2.62. The van der Waals surface area contributed by atoms with Gasteiger partial charge in [0.15, 0.2) is 16.6 Å². The molecule has 0 saturated heterocycles. The summed E-state index contributed by atoms with van der Waals surface area (Å²) in [5, 5.41) is 28.5. The molecule has 5 rings (SSSR count). The maximum Gasteiger partial charge on any atom is 0.231 e. The minimum Gasteiger partial charge on any atom is -0.454 e. The van der Waals surface area contributed by atoms with Crippen LogP contribution >= 0.6 is 11.3 Å². The predicted octanol–water partition coefficient (Wildman–Crippen LogP) is 3.59. The molecule has 1 aromatic carbocycles. The van der Waals surface area contributed by atoms with Crippen molar-refractivity contribution in [3.8, 4) is 11.5 Å². The minimum atomic E-state index is -0.634. The Morgan fingerprint density at radius 2 is 2.14 bits per heavy atom. The number of ether oxygens (including phenoxy) is 2. The summed E-state index contributed by atoms with van der Waals surface area (Å²) in [6.45, 7) is 9.11. The highest BCUT2D eigenvalue weighted by Gasteiger charge is 2.59. The zero-order chi connectivity index (χ0) is 25.5. The number of anilines is 1. The topological polar surface area (TPSA) is 113 Å². The molecule has 1 aliphatic heterocycles. The van der Waals surface area contributed by atoms with Gasteiger partial charge in [0.1, 0.15) is 0 Å². The largest absolute Gasteiger partial charge is 0.454 e. The van der Waals surface area contributed by atoms with Crippen LogP contribution < -0.4 is 20.1 Å². The van der Waals surface area contributed by atoms with E-state index in [0.717, 1.165) is 39.9 Å². The Labute approximate surface area is 215 Å². The molecule has 1 amide bonds. The third kappa shape index (κ3) is 4.27. The Bertz CT molecular complexity index is 1150. The molecule has 4 N–H and O–H groups in total. The number of nitrogens with zero attached hydrogens (tertiary/aromatic N) is 1. The highest BCUT2D eigenvalue weighted by atomic mass is 32.1. The number of aliphatic hydroxyl groups excluding tert-OH is 2. The van der Waals surface area contributed by atoms with Gasteiger partial charge >= 0.3 is 0 Å². The van der Waals surface area contributed by atoms with Crippen molar-refractivity contribution in [1.29, 1.82) is 0 Å². The Kier molecular flexibility index (Phi) is 6.74. The van der Waals surface area contributed by atoms with Gasteiger partial charge in [-0.05, 0) is 48.3 Å². The van der Waals surface area contributed by atoms with Gasteiger partial charge in [0.05, 0.1) is 18.4 Å². The number of benzene rings is 1. The number of carbonyl (C=O) groups excluding carboxylic acids is 1. The molecule has 2 aliphatic carbocycles. The molecule has 5 atom stereocenters. The molecular formula is C27H35N3O5S. The SMILES string of the molecule is C=CCNc1nc2c(s1)C[C@@H]1[C@](C)(CO)[C@H](O)CC[C@@]1(C)[C@@H]2CC(=O)NCc1ccc2c(c1)OCO2. The Morgan fingerprint density at radius 3 is 2.92 bits per heavy atom. The summed E-state index contributed by atoms with van der Waals surface area (Å²) in [4.78, 5) is 19.4. The molecule has 1 fully saturated rings. The van der Waals surface area contributed by atoms with Crippen molar-refractivity contribution in [2.45, 2.75) is 58.1 Å². The summed E-state index contributed by atoms with van der Waals surface area (Å²) in [6.07, 6.45) is 3.63. The van der Waals surface area contributed by atoms with Gasteiger partial charge in [-0.1, -0.05) is 26.0 Å². The van der Waals surface area contributed by atoms with E-state index in [-0.39, 0.29) is 36.6 Å². The van der Waals surface area contributed by atoms with Crippen LogP contribution in [0.2, 0.25) is 0 Å². The van der Waals surface area contributed by atoms with Crippen molar-refractivity contribution >= 4 is 22.4 Å². The summed E-state index contributed by atoms with van der Waals surface area (Å²) in [6, 6.07) is 5.68. The van der Waals surface area contributed by atoms with Crippen LogP contribution in [0.5, 0.6) is 11.5 Å². The lowest BCUT2D eigenvalue weighted by Crippen LogP contribution is -2.57. The molecule has 1 aromatic heterocycles. The van der Waals surface area contributed by atoms with E-state index in [1.807, 2.05) is 25.1 Å². The molecule has 1 saturated carbocycles. The third-order valence-corrected chi connectivity index (χ3v) is 9.66. The molecule has 0 bridgehead atoms. The van der Waals surface area contributed by atoms with E-state index in [9.17, 15) is 15.0 Å². The summed E-state index contributed by atoms with van der Waals surface area (Å²) in [7, 11) is 0. The number of fused-ring (bicyclic) bond motifs is 3. The second-order valence-corrected chi connectivity index (χ2v) is 11.8. The quantitative estimate of drug-likeness (QED) is 0.399. The zero-order valence-corrected chi connectivity index (χ0v) is 21.7. The first kappa shape index (κ1) is 25.0. The van der Waals surface area contributed by atoms with Crippen LogP contribution in [0.3, 0.4) is 0 Å². The fourth-order valence-corrected chi connectivity index (χ4v) is 7.47. The minimum absolute atomic E-state index is 0.0330. The first-order chi connectivity index (χ1) is 17.3. The van der Waals surface area contributed by atoms with Gasteiger partial charge in [0.2, 0.25) is 12.7 Å². The maximum atomic E-state index is 13.3. The average molecular weight is 514 g/mol. The van der Waals surface area contributed by atoms with Gasteiger partial charge in [-0.3, -0.25) is 4.79 Å². The molecule has 8 nitrogen and oxygen atoms in total. The van der Waals surface area contributed by atoms with E-state index in [4.69, 9.17) is 14.5 Å². The normalized spacial score (nSPS) is 30.3. The van der Waals surface area contributed by atoms with Crippen LogP contribution in [0.25, 0.3) is 0 Å². The van der Waals surface area contributed by atoms with E-state index in [1.165, 1.54) is 0 Å². The molecule has 0 unspecified atom stereocenters. The van der Waals surface area contributed by atoms with E-state index in [1.54, 1.807) is 17.4 Å². The number of nitrogens with one attached hydrogen (secondary N) is 2. The predicted molar refractivity (Wildman–Crippen MR) is 138 cm³/mol. The van der Waals surface area contributed by atoms with E-state index < -0.39 is 11.5 Å². The van der Waals surface area contributed by atoms with E-state index >= 15 is 0 Å². The van der Waals surface area contributed by atoms with Crippen molar-refractivity contribution < 1.29 is 24.5 Å². The first-order valence-corrected chi connectivity index (χ1v) is 13.4. The summed E-state index contributed by atoms with van der Waals surface area (Å²) < 4.78 is 10.8. The maximum absolute atomic E-state index is 13.3. The monoisotopic (exact) mass is 513 g/mol. The molecule has 2 aromatic rings. The van der Waals surface area contributed by atoms with Crippen LogP contribution in [0.15, 0.2) is 30.9 Å². The molecular weight excluding hydrogens is 478 g/mol. The zero-order valence-electron chi connectivity index (χ0n) is 20.9. The first-order valence-electron chi connectivity index (χ1n) is 12.6. The lowest BCUT2D eigenvalue weighted by atomic mass is 9.47. The fraction of sp³-hybridized carbons (Fsp3) is 0.556. The number of thiazole rings is 1. The van der Waals surface area contributed by atoms with E-state index in [2.05, 4.69) is 24.1 Å². The third-order valence-electron chi connectivity index (χ3n) is 8.61. The number of aromatic nitrogens is 1. The highest BCUT2D eigenvalue weighted by molar-refractivity contribution is 7.15. The molecule has 36 heavy (non-hydrogen) atoms. The number of rotatable bonds is 8. The molecule has 0 radical (unpaired) electrons. The number of carbonyl (C=O) groups is 1. The van der Waals surface area contributed by atoms with Crippen LogP contribution in [-0.4, -0.2) is 47.2 Å². The highest BCUT2D eigenvalue weighted by Crippen LogP contribution is 2.62. The van der Waals surface area contributed by atoms with Gasteiger partial charge in [-0.2, -0.15) is 0 Å². The standard InChI is InChI=1S/C27H35N3O5S/c1-4-9-28-25-30-24-17(11-23(33)29-13-16-5-6-18-19(10-16)35-15-34-18)26(2)8-7-22(32)27(3,14-31)21(26)12-20(24)36-25/h4-6,10,17,21-22,31-32H,1,7-9,11-15H2,2-3H3,(H,28,30)(H,29,33)/t17-,21+,22-,26+,27+/m1/s1. The smallest absolute Gasteiger partial charge is 0.231 e. The van der Waals surface area contributed by atoms with Crippen LogP contribution in [0.4, 0.5) is 5.13 Å². The van der Waals surface area contributed by atoms with Gasteiger partial charge in [0, 0.05) is 35.7 Å². The van der Waals surface area contributed by atoms with E-state index in [0.29, 0.717) is 31.7 Å². The van der Waals surface area contributed by atoms with Gasteiger partial charge in [-0.25, -0.2) is 4.98 Å². The summed E-state index contributed by atoms with van der Waals surface area (Å²) in [5.74, 6) is 1.29. The van der Waals surface area contributed by atoms with Crippen LogP contribution in [0, 0.1) is 16.7 Å². The number of hydrogen-bond acceptors (Lipinski definition) is 8. The Balaban J connectivity index is 1.40. The fourth-order valence-electron chi connectivity index (χ4n) is 6.39. The summed E-state index contributed by atoms with van der Waals surface area (Å²) in [5.41, 5.74) is 1.01. The van der Waals surface area contributed by atoms with Crippen LogP contribution in [0.1, 0.15) is 55.2 Å². The average Bonchev–Trinajstić information content (AvgIpc) is 3.51. The van der Waals surface area contributed by atoms with Gasteiger partial charge < -0.3 is 30.3 Å². The second kappa shape index (κ2) is 9.68.